The molecule has 142 valence electrons. The second-order valence-corrected chi connectivity index (χ2v) is 6.38. The van der Waals surface area contributed by atoms with Crippen LogP contribution in [0.2, 0.25) is 0 Å². The standard InChI is InChI=1S/C22H25NO4/c1-25-21-10-5-7-18(13-21)14-23(16-22-11-6-12-26-22)15-19(24)17-27-20-8-3-2-4-9-20/h2-13,19,24H,14-17H2,1H3. The maximum absolute atomic E-state index is 10.5. The van der Waals surface area contributed by atoms with E-state index in [4.69, 9.17) is 13.9 Å². The third-order valence-corrected chi connectivity index (χ3v) is 4.15. The summed E-state index contributed by atoms with van der Waals surface area (Å²) in [5.41, 5.74) is 1.11. The highest BCUT2D eigenvalue weighted by Gasteiger charge is 2.15. The summed E-state index contributed by atoms with van der Waals surface area (Å²) in [5, 5.41) is 10.5. The Kier molecular flexibility index (Phi) is 6.90. The van der Waals surface area contributed by atoms with Crippen molar-refractivity contribution in [2.75, 3.05) is 20.3 Å². The number of methoxy groups -OCH3 is 1. The van der Waals surface area contributed by atoms with Crippen molar-refractivity contribution in [3.8, 4) is 11.5 Å². The van der Waals surface area contributed by atoms with Crippen molar-refractivity contribution < 1.29 is 19.0 Å². The molecule has 0 aliphatic rings. The highest BCUT2D eigenvalue weighted by molar-refractivity contribution is 5.28. The van der Waals surface area contributed by atoms with Crippen LogP contribution in [0, 0.1) is 0 Å². The molecule has 2 aromatic carbocycles. The number of rotatable bonds is 10. The zero-order chi connectivity index (χ0) is 18.9. The van der Waals surface area contributed by atoms with E-state index in [1.165, 1.54) is 0 Å². The quantitative estimate of drug-likeness (QED) is 0.592. The van der Waals surface area contributed by atoms with Crippen molar-refractivity contribution in [2.24, 2.45) is 0 Å². The minimum atomic E-state index is -0.620. The number of ether oxygens (including phenoxy) is 2. The molecule has 0 bridgehead atoms. The number of benzene rings is 2. The lowest BCUT2D eigenvalue weighted by Crippen LogP contribution is -2.35. The first-order chi connectivity index (χ1) is 13.2. The van der Waals surface area contributed by atoms with Crippen LogP contribution in [0.25, 0.3) is 0 Å². The summed E-state index contributed by atoms with van der Waals surface area (Å²) in [5.74, 6) is 2.43. The largest absolute Gasteiger partial charge is 0.497 e. The molecule has 0 aliphatic carbocycles. The van der Waals surface area contributed by atoms with E-state index in [1.54, 1.807) is 13.4 Å². The van der Waals surface area contributed by atoms with Gasteiger partial charge in [-0.1, -0.05) is 30.3 Å². The van der Waals surface area contributed by atoms with Gasteiger partial charge in [0.05, 0.1) is 19.9 Å². The molecule has 0 fully saturated rings. The average molecular weight is 367 g/mol. The van der Waals surface area contributed by atoms with Crippen LogP contribution < -0.4 is 9.47 Å². The van der Waals surface area contributed by atoms with Gasteiger partial charge >= 0.3 is 0 Å². The molecule has 5 heteroatoms. The molecule has 0 spiro atoms. The third-order valence-electron chi connectivity index (χ3n) is 4.15. The van der Waals surface area contributed by atoms with Gasteiger partial charge in [-0.3, -0.25) is 4.90 Å². The smallest absolute Gasteiger partial charge is 0.119 e. The van der Waals surface area contributed by atoms with Gasteiger partial charge in [-0.25, -0.2) is 0 Å². The summed E-state index contributed by atoms with van der Waals surface area (Å²) >= 11 is 0. The third kappa shape index (κ3) is 6.16. The minimum absolute atomic E-state index is 0.233. The van der Waals surface area contributed by atoms with E-state index in [-0.39, 0.29) is 6.61 Å². The Morgan fingerprint density at radius 3 is 2.52 bits per heavy atom. The Bertz CT molecular complexity index is 789. The lowest BCUT2D eigenvalue weighted by molar-refractivity contribution is 0.0604. The molecule has 1 atom stereocenters. The first kappa shape index (κ1) is 19.0. The molecular weight excluding hydrogens is 342 g/mol. The second-order valence-electron chi connectivity index (χ2n) is 6.38. The minimum Gasteiger partial charge on any atom is -0.497 e. The molecule has 0 saturated heterocycles. The maximum Gasteiger partial charge on any atom is 0.119 e. The van der Waals surface area contributed by atoms with Crippen LogP contribution >= 0.6 is 0 Å². The zero-order valence-corrected chi connectivity index (χ0v) is 15.5. The van der Waals surface area contributed by atoms with E-state index < -0.39 is 6.10 Å². The number of aliphatic hydroxyl groups excluding tert-OH is 1. The summed E-state index contributed by atoms with van der Waals surface area (Å²) in [6, 6.07) is 21.3. The Balaban J connectivity index is 1.61. The van der Waals surface area contributed by atoms with Gasteiger partial charge in [0.2, 0.25) is 0 Å². The first-order valence-corrected chi connectivity index (χ1v) is 8.96. The number of aliphatic hydroxyl groups is 1. The van der Waals surface area contributed by atoms with Gasteiger partial charge in [0, 0.05) is 13.1 Å². The van der Waals surface area contributed by atoms with Crippen LogP contribution in [0.5, 0.6) is 11.5 Å². The predicted octanol–water partition coefficient (Wildman–Crippen LogP) is 3.73. The molecule has 27 heavy (non-hydrogen) atoms. The van der Waals surface area contributed by atoms with E-state index in [9.17, 15) is 5.11 Å². The fraction of sp³-hybridized carbons (Fsp3) is 0.273. The van der Waals surface area contributed by atoms with E-state index in [2.05, 4.69) is 4.90 Å². The maximum atomic E-state index is 10.5. The fourth-order valence-corrected chi connectivity index (χ4v) is 2.90. The van der Waals surface area contributed by atoms with Crippen molar-refractivity contribution in [1.29, 1.82) is 0 Å². The van der Waals surface area contributed by atoms with Gasteiger partial charge in [-0.05, 0) is 42.0 Å². The molecule has 1 N–H and O–H groups in total. The number of para-hydroxylation sites is 1. The first-order valence-electron chi connectivity index (χ1n) is 8.96. The molecular formula is C22H25NO4. The molecule has 5 nitrogen and oxygen atoms in total. The van der Waals surface area contributed by atoms with Crippen molar-refractivity contribution >= 4 is 0 Å². The fourth-order valence-electron chi connectivity index (χ4n) is 2.90. The average Bonchev–Trinajstić information content (AvgIpc) is 3.20. The van der Waals surface area contributed by atoms with Gasteiger partial charge in [0.15, 0.2) is 0 Å². The zero-order valence-electron chi connectivity index (χ0n) is 15.5. The molecule has 3 aromatic rings. The molecule has 0 saturated carbocycles. The summed E-state index contributed by atoms with van der Waals surface area (Å²) in [6.45, 7) is 1.97. The van der Waals surface area contributed by atoms with Crippen LogP contribution in [0.1, 0.15) is 11.3 Å². The normalized spacial score (nSPS) is 12.1. The van der Waals surface area contributed by atoms with Crippen molar-refractivity contribution in [3.63, 3.8) is 0 Å². The summed E-state index contributed by atoms with van der Waals surface area (Å²) in [4.78, 5) is 2.13. The lowest BCUT2D eigenvalue weighted by Gasteiger charge is -2.24. The number of hydrogen-bond acceptors (Lipinski definition) is 5. The van der Waals surface area contributed by atoms with Crippen LogP contribution in [0.4, 0.5) is 0 Å². The van der Waals surface area contributed by atoms with Gasteiger partial charge in [-0.2, -0.15) is 0 Å². The Morgan fingerprint density at radius 2 is 1.78 bits per heavy atom. The van der Waals surface area contributed by atoms with Crippen LogP contribution in [-0.2, 0) is 13.1 Å². The van der Waals surface area contributed by atoms with Crippen molar-refractivity contribution in [1.82, 2.24) is 4.90 Å². The number of hydrogen-bond donors (Lipinski definition) is 1. The topological polar surface area (TPSA) is 55.1 Å². The number of furan rings is 1. The molecule has 1 aromatic heterocycles. The van der Waals surface area contributed by atoms with E-state index in [0.717, 1.165) is 22.8 Å². The van der Waals surface area contributed by atoms with Gasteiger partial charge in [0.25, 0.3) is 0 Å². The van der Waals surface area contributed by atoms with Crippen molar-refractivity contribution in [3.05, 3.63) is 84.3 Å². The Hall–Kier alpha value is -2.76. The molecule has 1 unspecified atom stereocenters. The molecule has 0 radical (unpaired) electrons. The summed E-state index contributed by atoms with van der Waals surface area (Å²) in [7, 11) is 1.66. The SMILES string of the molecule is COc1cccc(CN(Cc2ccco2)CC(O)COc2ccccc2)c1. The Labute approximate surface area is 159 Å². The van der Waals surface area contributed by atoms with Gasteiger partial charge in [-0.15, -0.1) is 0 Å². The van der Waals surface area contributed by atoms with Gasteiger partial charge < -0.3 is 19.0 Å². The van der Waals surface area contributed by atoms with Crippen LogP contribution in [0.3, 0.4) is 0 Å². The second kappa shape index (κ2) is 9.80. The number of nitrogens with zero attached hydrogens (tertiary/aromatic N) is 1. The molecule has 0 amide bonds. The Morgan fingerprint density at radius 1 is 0.963 bits per heavy atom. The van der Waals surface area contributed by atoms with Crippen molar-refractivity contribution in [2.45, 2.75) is 19.2 Å². The summed E-state index contributed by atoms with van der Waals surface area (Å²) < 4.78 is 16.5. The predicted molar refractivity (Wildman–Crippen MR) is 104 cm³/mol. The summed E-state index contributed by atoms with van der Waals surface area (Å²) in [6.07, 6.45) is 1.04. The van der Waals surface area contributed by atoms with E-state index >= 15 is 0 Å². The van der Waals surface area contributed by atoms with E-state index in [0.29, 0.717) is 19.6 Å². The molecule has 1 heterocycles. The van der Waals surface area contributed by atoms with Gasteiger partial charge in [0.1, 0.15) is 30.0 Å². The van der Waals surface area contributed by atoms with Crippen LogP contribution in [0.15, 0.2) is 77.4 Å². The monoisotopic (exact) mass is 367 g/mol. The van der Waals surface area contributed by atoms with E-state index in [1.807, 2.05) is 66.7 Å². The van der Waals surface area contributed by atoms with Crippen LogP contribution in [-0.4, -0.2) is 36.4 Å². The highest BCUT2D eigenvalue weighted by Crippen LogP contribution is 2.17. The molecule has 3 rings (SSSR count). The molecule has 0 aliphatic heterocycles. The highest BCUT2D eigenvalue weighted by atomic mass is 16.5. The lowest BCUT2D eigenvalue weighted by atomic mass is 10.2.